The lowest BCUT2D eigenvalue weighted by atomic mass is 10.2. The Morgan fingerprint density at radius 2 is 2.14 bits per heavy atom. The van der Waals surface area contributed by atoms with Crippen molar-refractivity contribution in [2.45, 2.75) is 6.54 Å². The van der Waals surface area contributed by atoms with Crippen LogP contribution in [0.25, 0.3) is 10.2 Å². The molecule has 4 aromatic rings. The maximum absolute atomic E-state index is 13.1. The van der Waals surface area contributed by atoms with Crippen LogP contribution >= 0.6 is 27.3 Å². The number of anilines is 1. The molecule has 8 nitrogen and oxygen atoms in total. The molecule has 1 aromatic carbocycles. The zero-order chi connectivity index (χ0) is 19.7. The minimum atomic E-state index is -0.683. The number of carbonyl (C=O) groups excluding carboxylic acids is 1. The van der Waals surface area contributed by atoms with Gasteiger partial charge in [-0.15, -0.1) is 0 Å². The monoisotopic (exact) mass is 458 g/mol. The van der Waals surface area contributed by atoms with Gasteiger partial charge >= 0.3 is 5.88 Å². The van der Waals surface area contributed by atoms with Gasteiger partial charge in [-0.05, 0) is 35.9 Å². The Hall–Kier alpha value is -3.11. The first-order valence-corrected chi connectivity index (χ1v) is 9.63. The molecule has 0 aliphatic carbocycles. The Balaban J connectivity index is 1.75. The molecular formula is C18H11BrN4O4S. The van der Waals surface area contributed by atoms with E-state index in [1.54, 1.807) is 18.5 Å². The number of nitro groups is 1. The maximum atomic E-state index is 13.1. The highest BCUT2D eigenvalue weighted by Crippen LogP contribution is 2.33. The normalized spacial score (nSPS) is 10.9. The predicted molar refractivity (Wildman–Crippen MR) is 107 cm³/mol. The molecule has 28 heavy (non-hydrogen) atoms. The number of nitrogens with zero attached hydrogens (tertiary/aromatic N) is 4. The molecule has 3 aromatic heterocycles. The summed E-state index contributed by atoms with van der Waals surface area (Å²) in [4.78, 5) is 33.3. The molecule has 1 amide bonds. The second-order valence-corrected chi connectivity index (χ2v) is 7.68. The van der Waals surface area contributed by atoms with Crippen LogP contribution in [-0.4, -0.2) is 20.8 Å². The Bertz CT molecular complexity index is 1170. The van der Waals surface area contributed by atoms with Crippen molar-refractivity contribution in [1.29, 1.82) is 0 Å². The number of aromatic nitrogens is 2. The average Bonchev–Trinajstić information content (AvgIpc) is 3.33. The first-order chi connectivity index (χ1) is 13.5. The summed E-state index contributed by atoms with van der Waals surface area (Å²) in [5.41, 5.74) is 1.54. The number of carbonyl (C=O) groups is 1. The third kappa shape index (κ3) is 3.64. The highest BCUT2D eigenvalue weighted by molar-refractivity contribution is 9.10. The minimum absolute atomic E-state index is 0.129. The van der Waals surface area contributed by atoms with E-state index < -0.39 is 16.7 Å². The van der Waals surface area contributed by atoms with E-state index in [-0.39, 0.29) is 12.3 Å². The fourth-order valence-corrected chi connectivity index (χ4v) is 4.09. The number of furan rings is 1. The third-order valence-electron chi connectivity index (χ3n) is 3.86. The second-order valence-electron chi connectivity index (χ2n) is 5.76. The largest absolute Gasteiger partial charge is 0.433 e. The average molecular weight is 459 g/mol. The quantitative estimate of drug-likeness (QED) is 0.314. The van der Waals surface area contributed by atoms with Crippen molar-refractivity contribution in [1.82, 2.24) is 9.97 Å². The summed E-state index contributed by atoms with van der Waals surface area (Å²) in [5, 5.41) is 11.3. The second kappa shape index (κ2) is 7.49. The lowest BCUT2D eigenvalue weighted by molar-refractivity contribution is -0.402. The van der Waals surface area contributed by atoms with Gasteiger partial charge in [-0.1, -0.05) is 33.3 Å². The molecule has 0 spiro atoms. The third-order valence-corrected chi connectivity index (χ3v) is 5.40. The molecule has 0 saturated carbocycles. The number of pyridine rings is 1. The van der Waals surface area contributed by atoms with Crippen LogP contribution in [0.2, 0.25) is 0 Å². The number of fused-ring (bicyclic) bond motifs is 1. The molecule has 0 atom stereocenters. The van der Waals surface area contributed by atoms with E-state index in [1.807, 2.05) is 24.3 Å². The number of benzene rings is 1. The molecule has 0 bridgehead atoms. The van der Waals surface area contributed by atoms with Crippen LogP contribution < -0.4 is 4.90 Å². The molecule has 10 heteroatoms. The zero-order valence-electron chi connectivity index (χ0n) is 14.1. The molecule has 4 rings (SSSR count). The molecule has 3 heterocycles. The van der Waals surface area contributed by atoms with Gasteiger partial charge in [0, 0.05) is 16.9 Å². The van der Waals surface area contributed by atoms with Gasteiger partial charge in [0.1, 0.15) is 4.92 Å². The summed E-state index contributed by atoms with van der Waals surface area (Å²) in [5.74, 6) is -1.14. The topological polar surface area (TPSA) is 102 Å². The van der Waals surface area contributed by atoms with E-state index in [0.29, 0.717) is 5.13 Å². The predicted octanol–water partition coefficient (Wildman–Crippen LogP) is 4.80. The van der Waals surface area contributed by atoms with Gasteiger partial charge in [0.05, 0.1) is 22.8 Å². The van der Waals surface area contributed by atoms with Gasteiger partial charge in [0.25, 0.3) is 5.91 Å². The number of hydrogen-bond acceptors (Lipinski definition) is 7. The van der Waals surface area contributed by atoms with Crippen LogP contribution in [-0.2, 0) is 6.54 Å². The lowest BCUT2D eigenvalue weighted by Gasteiger charge is -2.18. The van der Waals surface area contributed by atoms with Gasteiger partial charge in [-0.25, -0.2) is 4.98 Å². The summed E-state index contributed by atoms with van der Waals surface area (Å²) in [6, 6.07) is 11.7. The number of amides is 1. The summed E-state index contributed by atoms with van der Waals surface area (Å²) >= 11 is 4.77. The lowest BCUT2D eigenvalue weighted by Crippen LogP contribution is -2.30. The van der Waals surface area contributed by atoms with E-state index in [4.69, 9.17) is 4.42 Å². The zero-order valence-corrected chi connectivity index (χ0v) is 16.5. The van der Waals surface area contributed by atoms with Crippen molar-refractivity contribution in [3.63, 3.8) is 0 Å². The summed E-state index contributed by atoms with van der Waals surface area (Å²) in [6.45, 7) is 0.197. The molecule has 0 saturated heterocycles. The Morgan fingerprint density at radius 3 is 2.86 bits per heavy atom. The highest BCUT2D eigenvalue weighted by atomic mass is 79.9. The van der Waals surface area contributed by atoms with Crippen molar-refractivity contribution < 1.29 is 14.1 Å². The van der Waals surface area contributed by atoms with Crippen LogP contribution in [0.15, 0.2) is 63.7 Å². The number of rotatable bonds is 5. The smallest absolute Gasteiger partial charge is 0.395 e. The summed E-state index contributed by atoms with van der Waals surface area (Å²) in [6.07, 6.45) is 3.29. The van der Waals surface area contributed by atoms with Crippen molar-refractivity contribution in [3.05, 3.63) is 80.8 Å². The molecular weight excluding hydrogens is 448 g/mol. The van der Waals surface area contributed by atoms with Crippen molar-refractivity contribution in [2.75, 3.05) is 4.90 Å². The van der Waals surface area contributed by atoms with E-state index in [0.717, 1.165) is 26.3 Å². The van der Waals surface area contributed by atoms with Gasteiger partial charge in [-0.2, -0.15) is 0 Å². The van der Waals surface area contributed by atoms with Crippen molar-refractivity contribution in [2.24, 2.45) is 0 Å². The van der Waals surface area contributed by atoms with Crippen LogP contribution in [0.4, 0.5) is 11.0 Å². The van der Waals surface area contributed by atoms with E-state index in [2.05, 4.69) is 25.9 Å². The first-order valence-electron chi connectivity index (χ1n) is 8.02. The van der Waals surface area contributed by atoms with Crippen LogP contribution in [0, 0.1) is 10.1 Å². The van der Waals surface area contributed by atoms with E-state index in [1.165, 1.54) is 22.3 Å². The number of hydrogen-bond donors (Lipinski definition) is 0. The molecule has 140 valence electrons. The van der Waals surface area contributed by atoms with Crippen molar-refractivity contribution >= 4 is 54.4 Å². The highest BCUT2D eigenvalue weighted by Gasteiger charge is 2.26. The molecule has 0 fully saturated rings. The van der Waals surface area contributed by atoms with Crippen LogP contribution in [0.1, 0.15) is 16.1 Å². The van der Waals surface area contributed by atoms with Gasteiger partial charge in [0.15, 0.2) is 10.9 Å². The number of thiazole rings is 1. The molecule has 0 N–H and O–H groups in total. The molecule has 0 radical (unpaired) electrons. The van der Waals surface area contributed by atoms with Gasteiger partial charge < -0.3 is 4.42 Å². The summed E-state index contributed by atoms with van der Waals surface area (Å²) < 4.78 is 6.91. The van der Waals surface area contributed by atoms with Crippen molar-refractivity contribution in [3.8, 4) is 0 Å². The first kappa shape index (κ1) is 18.3. The molecule has 0 aliphatic heterocycles. The van der Waals surface area contributed by atoms with Crippen LogP contribution in [0.5, 0.6) is 0 Å². The maximum Gasteiger partial charge on any atom is 0.433 e. The molecule has 0 aliphatic rings. The fourth-order valence-electron chi connectivity index (χ4n) is 2.58. The Labute approximate surface area is 170 Å². The van der Waals surface area contributed by atoms with Gasteiger partial charge in [0.2, 0.25) is 0 Å². The Kier molecular flexibility index (Phi) is 4.88. The fraction of sp³-hybridized carbons (Fsp3) is 0.0556. The van der Waals surface area contributed by atoms with Crippen LogP contribution in [0.3, 0.4) is 0 Å². The van der Waals surface area contributed by atoms with E-state index >= 15 is 0 Å². The molecule has 0 unspecified atom stereocenters. The number of halogens is 1. The summed E-state index contributed by atoms with van der Waals surface area (Å²) in [7, 11) is 0. The van der Waals surface area contributed by atoms with E-state index in [9.17, 15) is 14.9 Å². The SMILES string of the molecule is O=C(c1ccc([N+](=O)[O-])o1)N(Cc1cccnc1)c1nc2ccc(Br)cc2s1. The Morgan fingerprint density at radius 1 is 1.29 bits per heavy atom. The standard InChI is InChI=1S/C18H11BrN4O4S/c19-12-3-4-13-15(8-12)28-18(21-13)22(10-11-2-1-7-20-9-11)17(24)14-5-6-16(27-14)23(25)26/h1-9H,10H2. The van der Waals surface area contributed by atoms with Gasteiger partial charge in [-0.3, -0.25) is 24.8 Å². The minimum Gasteiger partial charge on any atom is -0.395 e.